The lowest BCUT2D eigenvalue weighted by Gasteiger charge is -2.07. The minimum absolute atomic E-state index is 0.201. The van der Waals surface area contributed by atoms with Gasteiger partial charge in [-0.2, -0.15) is 0 Å². The molecule has 0 atom stereocenters. The van der Waals surface area contributed by atoms with Crippen LogP contribution in [0.2, 0.25) is 0 Å². The Bertz CT molecular complexity index is 663. The smallest absolute Gasteiger partial charge is 0.339 e. The van der Waals surface area contributed by atoms with Gasteiger partial charge in [0, 0.05) is 11.8 Å². The van der Waals surface area contributed by atoms with E-state index in [0.717, 1.165) is 12.0 Å². The molecule has 1 amide bonds. The molecule has 1 heterocycles. The third kappa shape index (κ3) is 2.80. The minimum Gasteiger partial charge on any atom is -0.507 e. The number of aromatic carboxylic acids is 1. The van der Waals surface area contributed by atoms with Crippen LogP contribution in [-0.4, -0.2) is 22.1 Å². The molecule has 104 valence electrons. The summed E-state index contributed by atoms with van der Waals surface area (Å²) >= 11 is 1.35. The van der Waals surface area contributed by atoms with Crippen molar-refractivity contribution in [1.29, 1.82) is 0 Å². The second kappa shape index (κ2) is 5.75. The number of carbonyl (C=O) groups is 2. The normalized spacial score (nSPS) is 10.2. The molecule has 2 aromatic rings. The zero-order valence-electron chi connectivity index (χ0n) is 10.7. The molecule has 1 aromatic heterocycles. The van der Waals surface area contributed by atoms with E-state index in [1.165, 1.54) is 29.5 Å². The molecule has 0 spiro atoms. The lowest BCUT2D eigenvalue weighted by molar-refractivity contribution is 0.0693. The van der Waals surface area contributed by atoms with Crippen LogP contribution < -0.4 is 5.32 Å². The van der Waals surface area contributed by atoms with Crippen molar-refractivity contribution in [3.05, 3.63) is 45.6 Å². The van der Waals surface area contributed by atoms with Crippen LogP contribution >= 0.6 is 11.3 Å². The van der Waals surface area contributed by atoms with E-state index < -0.39 is 5.97 Å². The van der Waals surface area contributed by atoms with E-state index in [2.05, 4.69) is 5.32 Å². The molecule has 0 unspecified atom stereocenters. The van der Waals surface area contributed by atoms with Crippen molar-refractivity contribution >= 4 is 28.9 Å². The van der Waals surface area contributed by atoms with Crippen LogP contribution in [0.25, 0.3) is 0 Å². The predicted octanol–water partition coefficient (Wildman–Crippen LogP) is 2.97. The first-order valence-electron chi connectivity index (χ1n) is 5.97. The Balaban J connectivity index is 2.20. The van der Waals surface area contributed by atoms with E-state index >= 15 is 0 Å². The summed E-state index contributed by atoms with van der Waals surface area (Å²) in [4.78, 5) is 23.5. The maximum atomic E-state index is 12.1. The quantitative estimate of drug-likeness (QED) is 0.808. The molecule has 6 heteroatoms. The van der Waals surface area contributed by atoms with Crippen molar-refractivity contribution in [1.82, 2.24) is 0 Å². The third-order valence-electron chi connectivity index (χ3n) is 2.82. The van der Waals surface area contributed by atoms with Gasteiger partial charge >= 0.3 is 5.97 Å². The number of thiophene rings is 1. The number of nitrogens with one attached hydrogen (secondary N) is 1. The van der Waals surface area contributed by atoms with Crippen LogP contribution in [-0.2, 0) is 6.42 Å². The molecule has 0 saturated heterocycles. The maximum absolute atomic E-state index is 12.1. The fourth-order valence-corrected chi connectivity index (χ4v) is 2.68. The SMILES string of the molecule is CCc1ccsc1C(=O)Nc1ccc(C(=O)O)c(O)c1. The van der Waals surface area contributed by atoms with Gasteiger partial charge in [-0.15, -0.1) is 11.3 Å². The molecule has 3 N–H and O–H groups in total. The summed E-state index contributed by atoms with van der Waals surface area (Å²) < 4.78 is 0. The summed E-state index contributed by atoms with van der Waals surface area (Å²) in [5.41, 5.74) is 1.11. The van der Waals surface area contributed by atoms with Crippen LogP contribution in [0, 0.1) is 0 Å². The average molecular weight is 291 g/mol. The Morgan fingerprint density at radius 1 is 1.30 bits per heavy atom. The van der Waals surface area contributed by atoms with Crippen LogP contribution in [0.4, 0.5) is 5.69 Å². The third-order valence-corrected chi connectivity index (χ3v) is 3.78. The van der Waals surface area contributed by atoms with Crippen LogP contribution in [0.3, 0.4) is 0 Å². The van der Waals surface area contributed by atoms with Gasteiger partial charge in [-0.1, -0.05) is 6.92 Å². The van der Waals surface area contributed by atoms with Gasteiger partial charge in [-0.25, -0.2) is 4.79 Å². The molecule has 0 aliphatic heterocycles. The highest BCUT2D eigenvalue weighted by atomic mass is 32.1. The number of carbonyl (C=O) groups excluding carboxylic acids is 1. The van der Waals surface area contributed by atoms with E-state index in [1.54, 1.807) is 0 Å². The van der Waals surface area contributed by atoms with Gasteiger partial charge in [0.2, 0.25) is 0 Å². The molecular formula is C14H13NO4S. The summed E-state index contributed by atoms with van der Waals surface area (Å²) in [6.07, 6.45) is 0.759. The molecule has 0 aliphatic carbocycles. The summed E-state index contributed by atoms with van der Waals surface area (Å²) in [5, 5.41) is 22.9. The number of carboxylic acids is 1. The molecule has 0 bridgehead atoms. The Morgan fingerprint density at radius 2 is 2.05 bits per heavy atom. The molecule has 20 heavy (non-hydrogen) atoms. The number of amides is 1. The van der Waals surface area contributed by atoms with Gasteiger partial charge in [0.1, 0.15) is 11.3 Å². The lowest BCUT2D eigenvalue weighted by atomic mass is 10.1. The molecular weight excluding hydrogens is 278 g/mol. The second-order valence-corrected chi connectivity index (χ2v) is 5.04. The Labute approximate surface area is 119 Å². The van der Waals surface area contributed by atoms with Gasteiger partial charge in [-0.05, 0) is 35.6 Å². The lowest BCUT2D eigenvalue weighted by Crippen LogP contribution is -2.12. The molecule has 1 aromatic carbocycles. The molecule has 0 aliphatic rings. The van der Waals surface area contributed by atoms with Crippen LogP contribution in [0.1, 0.15) is 32.5 Å². The Hall–Kier alpha value is -2.34. The topological polar surface area (TPSA) is 86.6 Å². The number of aromatic hydroxyl groups is 1. The number of hydrogen-bond acceptors (Lipinski definition) is 4. The van der Waals surface area contributed by atoms with Crippen molar-refractivity contribution < 1.29 is 19.8 Å². The zero-order valence-corrected chi connectivity index (χ0v) is 11.5. The highest BCUT2D eigenvalue weighted by Gasteiger charge is 2.14. The summed E-state index contributed by atoms with van der Waals surface area (Å²) in [6.45, 7) is 1.96. The molecule has 0 fully saturated rings. The number of hydrogen-bond donors (Lipinski definition) is 3. The van der Waals surface area contributed by atoms with Gasteiger partial charge in [-0.3, -0.25) is 4.79 Å². The predicted molar refractivity (Wildman–Crippen MR) is 76.7 cm³/mol. The largest absolute Gasteiger partial charge is 0.507 e. The van der Waals surface area contributed by atoms with E-state index in [1.807, 2.05) is 18.4 Å². The van der Waals surface area contributed by atoms with Gasteiger partial charge < -0.3 is 15.5 Å². The van der Waals surface area contributed by atoms with E-state index in [4.69, 9.17) is 5.11 Å². The minimum atomic E-state index is -1.22. The van der Waals surface area contributed by atoms with E-state index in [-0.39, 0.29) is 17.2 Å². The number of rotatable bonds is 4. The molecule has 5 nitrogen and oxygen atoms in total. The standard InChI is InChI=1S/C14H13NO4S/c1-2-8-5-6-20-12(8)13(17)15-9-3-4-10(14(18)19)11(16)7-9/h3-7,16H,2H2,1H3,(H,15,17)(H,18,19). The van der Waals surface area contributed by atoms with E-state index in [9.17, 15) is 14.7 Å². The summed E-state index contributed by atoms with van der Waals surface area (Å²) in [7, 11) is 0. The molecule has 2 rings (SSSR count). The van der Waals surface area contributed by atoms with Crippen LogP contribution in [0.15, 0.2) is 29.6 Å². The number of benzene rings is 1. The summed E-state index contributed by atoms with van der Waals surface area (Å²) in [5.74, 6) is -1.86. The second-order valence-electron chi connectivity index (χ2n) is 4.12. The van der Waals surface area contributed by atoms with E-state index in [0.29, 0.717) is 10.6 Å². The van der Waals surface area contributed by atoms with Gasteiger partial charge in [0.15, 0.2) is 0 Å². The monoisotopic (exact) mass is 291 g/mol. The fraction of sp³-hybridized carbons (Fsp3) is 0.143. The van der Waals surface area contributed by atoms with Crippen molar-refractivity contribution in [2.75, 3.05) is 5.32 Å². The number of anilines is 1. The number of aryl methyl sites for hydroxylation is 1. The number of phenols is 1. The van der Waals surface area contributed by atoms with Crippen molar-refractivity contribution in [3.8, 4) is 5.75 Å². The number of carboxylic acid groups (broad SMARTS) is 1. The van der Waals surface area contributed by atoms with Crippen LogP contribution in [0.5, 0.6) is 5.75 Å². The average Bonchev–Trinajstić information content (AvgIpc) is 2.86. The molecule has 0 radical (unpaired) electrons. The Kier molecular flexibility index (Phi) is 4.05. The highest BCUT2D eigenvalue weighted by molar-refractivity contribution is 7.12. The first-order chi connectivity index (χ1) is 9.52. The maximum Gasteiger partial charge on any atom is 0.339 e. The van der Waals surface area contributed by atoms with Crippen molar-refractivity contribution in [3.63, 3.8) is 0 Å². The zero-order chi connectivity index (χ0) is 14.7. The van der Waals surface area contributed by atoms with Crippen molar-refractivity contribution in [2.24, 2.45) is 0 Å². The summed E-state index contributed by atoms with van der Waals surface area (Å²) in [6, 6.07) is 5.81. The first-order valence-corrected chi connectivity index (χ1v) is 6.85. The highest BCUT2D eigenvalue weighted by Crippen LogP contribution is 2.24. The van der Waals surface area contributed by atoms with Gasteiger partial charge in [0.05, 0.1) is 4.88 Å². The fourth-order valence-electron chi connectivity index (χ4n) is 1.79. The molecule has 0 saturated carbocycles. The first kappa shape index (κ1) is 14.1. The van der Waals surface area contributed by atoms with Crippen molar-refractivity contribution in [2.45, 2.75) is 13.3 Å². The van der Waals surface area contributed by atoms with Gasteiger partial charge in [0.25, 0.3) is 5.91 Å². The Morgan fingerprint density at radius 3 is 2.65 bits per heavy atom.